The van der Waals surface area contributed by atoms with Crippen LogP contribution in [0.25, 0.3) is 0 Å². The average molecular weight is 341 g/mol. The number of aryl methyl sites for hydroxylation is 2. The van der Waals surface area contributed by atoms with Gasteiger partial charge in [0.15, 0.2) is 13.2 Å². The van der Waals surface area contributed by atoms with Crippen molar-refractivity contribution >= 4 is 11.9 Å². The standard InChI is InChI=1S/C20H23NO4/c1-16-9-11-18(12-10-16)24-15-20(23)25-14-19(22)21-13-5-8-17-6-3-2-4-7-17/h2-4,6-7,9-12H,5,8,13-15H2,1H3,(H,21,22). The fraction of sp³-hybridized carbons (Fsp3) is 0.300. The monoisotopic (exact) mass is 341 g/mol. The van der Waals surface area contributed by atoms with E-state index in [0.717, 1.165) is 18.4 Å². The van der Waals surface area contributed by atoms with Crippen molar-refractivity contribution in [1.82, 2.24) is 5.32 Å². The van der Waals surface area contributed by atoms with Crippen molar-refractivity contribution in [2.24, 2.45) is 0 Å². The van der Waals surface area contributed by atoms with E-state index >= 15 is 0 Å². The zero-order chi connectivity index (χ0) is 17.9. The smallest absolute Gasteiger partial charge is 0.344 e. The molecule has 2 aromatic rings. The molecule has 0 saturated heterocycles. The molecule has 0 radical (unpaired) electrons. The van der Waals surface area contributed by atoms with Gasteiger partial charge in [-0.15, -0.1) is 0 Å². The lowest BCUT2D eigenvalue weighted by molar-refractivity contribution is -0.150. The van der Waals surface area contributed by atoms with Crippen LogP contribution in [0.2, 0.25) is 0 Å². The van der Waals surface area contributed by atoms with E-state index in [9.17, 15) is 9.59 Å². The predicted molar refractivity (Wildman–Crippen MR) is 95.4 cm³/mol. The summed E-state index contributed by atoms with van der Waals surface area (Å²) >= 11 is 0. The van der Waals surface area contributed by atoms with Gasteiger partial charge in [0.25, 0.3) is 5.91 Å². The summed E-state index contributed by atoms with van der Waals surface area (Å²) in [6, 6.07) is 17.4. The molecule has 2 aromatic carbocycles. The number of rotatable bonds is 9. The predicted octanol–water partition coefficient (Wildman–Crippen LogP) is 2.67. The quantitative estimate of drug-likeness (QED) is 0.562. The van der Waals surface area contributed by atoms with Gasteiger partial charge in [0, 0.05) is 6.54 Å². The van der Waals surface area contributed by atoms with Gasteiger partial charge in [-0.2, -0.15) is 0 Å². The first-order valence-corrected chi connectivity index (χ1v) is 8.29. The molecule has 0 saturated carbocycles. The fourth-order valence-corrected chi connectivity index (χ4v) is 2.18. The van der Waals surface area contributed by atoms with E-state index in [1.807, 2.05) is 37.3 Å². The Hall–Kier alpha value is -2.82. The van der Waals surface area contributed by atoms with E-state index in [0.29, 0.717) is 12.3 Å². The highest BCUT2D eigenvalue weighted by Gasteiger charge is 2.08. The first-order chi connectivity index (χ1) is 12.1. The number of benzene rings is 2. The maximum Gasteiger partial charge on any atom is 0.344 e. The minimum absolute atomic E-state index is 0.218. The number of amides is 1. The van der Waals surface area contributed by atoms with E-state index in [1.165, 1.54) is 5.56 Å². The Morgan fingerprint density at radius 2 is 1.68 bits per heavy atom. The van der Waals surface area contributed by atoms with Gasteiger partial charge in [-0.1, -0.05) is 48.0 Å². The summed E-state index contributed by atoms with van der Waals surface area (Å²) in [6.07, 6.45) is 1.73. The minimum atomic E-state index is -0.569. The van der Waals surface area contributed by atoms with E-state index in [2.05, 4.69) is 17.4 Å². The van der Waals surface area contributed by atoms with Crippen LogP contribution in [-0.2, 0) is 20.7 Å². The molecule has 0 aromatic heterocycles. The van der Waals surface area contributed by atoms with Crippen LogP contribution in [0.3, 0.4) is 0 Å². The highest BCUT2D eigenvalue weighted by atomic mass is 16.6. The molecule has 0 aliphatic rings. The zero-order valence-corrected chi connectivity index (χ0v) is 14.4. The summed E-state index contributed by atoms with van der Waals surface area (Å²) in [4.78, 5) is 23.2. The lowest BCUT2D eigenvalue weighted by Gasteiger charge is -2.08. The van der Waals surface area contributed by atoms with E-state index in [-0.39, 0.29) is 19.1 Å². The van der Waals surface area contributed by atoms with Crippen LogP contribution >= 0.6 is 0 Å². The molecule has 2 rings (SSSR count). The van der Waals surface area contributed by atoms with Crippen LogP contribution in [0, 0.1) is 6.92 Å². The Kier molecular flexibility index (Phi) is 7.50. The summed E-state index contributed by atoms with van der Waals surface area (Å²) in [5.41, 5.74) is 2.34. The third-order valence-corrected chi connectivity index (χ3v) is 3.55. The molecule has 5 nitrogen and oxygen atoms in total. The molecule has 0 aliphatic heterocycles. The molecule has 132 valence electrons. The Bertz CT molecular complexity index is 668. The van der Waals surface area contributed by atoms with Gasteiger partial charge in [0.2, 0.25) is 0 Å². The van der Waals surface area contributed by atoms with Crippen LogP contribution in [0.1, 0.15) is 17.5 Å². The molecule has 25 heavy (non-hydrogen) atoms. The molecule has 1 amide bonds. The van der Waals surface area contributed by atoms with E-state index < -0.39 is 5.97 Å². The lowest BCUT2D eigenvalue weighted by Crippen LogP contribution is -2.30. The molecule has 0 atom stereocenters. The van der Waals surface area contributed by atoms with E-state index in [4.69, 9.17) is 9.47 Å². The molecule has 0 fully saturated rings. The molecule has 0 unspecified atom stereocenters. The normalized spacial score (nSPS) is 10.1. The van der Waals surface area contributed by atoms with Gasteiger partial charge in [-0.25, -0.2) is 4.79 Å². The number of esters is 1. The van der Waals surface area contributed by atoms with E-state index in [1.54, 1.807) is 12.1 Å². The second-order valence-electron chi connectivity index (χ2n) is 5.70. The maximum atomic E-state index is 11.6. The highest BCUT2D eigenvalue weighted by molar-refractivity contribution is 5.80. The van der Waals surface area contributed by atoms with Gasteiger partial charge >= 0.3 is 5.97 Å². The van der Waals surface area contributed by atoms with Gasteiger partial charge in [-0.05, 0) is 37.5 Å². The average Bonchev–Trinajstić information content (AvgIpc) is 2.64. The van der Waals surface area contributed by atoms with Crippen molar-refractivity contribution in [3.8, 4) is 5.75 Å². The van der Waals surface area contributed by atoms with Crippen molar-refractivity contribution in [3.05, 3.63) is 65.7 Å². The number of hydrogen-bond donors (Lipinski definition) is 1. The van der Waals surface area contributed by atoms with Gasteiger partial charge < -0.3 is 14.8 Å². The Morgan fingerprint density at radius 1 is 0.960 bits per heavy atom. The van der Waals surface area contributed by atoms with Crippen LogP contribution in [-0.4, -0.2) is 31.6 Å². The first kappa shape index (κ1) is 18.5. The summed E-state index contributed by atoms with van der Waals surface area (Å²) in [5.74, 6) is -0.287. The number of hydrogen-bond acceptors (Lipinski definition) is 4. The van der Waals surface area contributed by atoms with Crippen LogP contribution < -0.4 is 10.1 Å². The minimum Gasteiger partial charge on any atom is -0.482 e. The largest absolute Gasteiger partial charge is 0.482 e. The molecule has 0 heterocycles. The summed E-state index contributed by atoms with van der Waals surface area (Å²) in [7, 11) is 0. The topological polar surface area (TPSA) is 64.6 Å². The van der Waals surface area contributed by atoms with Gasteiger partial charge in [0.05, 0.1) is 0 Å². The summed E-state index contributed by atoms with van der Waals surface area (Å²) in [5, 5.41) is 2.73. The first-order valence-electron chi connectivity index (χ1n) is 8.29. The molecule has 0 bridgehead atoms. The molecule has 0 aliphatic carbocycles. The highest BCUT2D eigenvalue weighted by Crippen LogP contribution is 2.11. The Morgan fingerprint density at radius 3 is 2.40 bits per heavy atom. The Labute approximate surface area is 148 Å². The second kappa shape index (κ2) is 10.1. The van der Waals surface area contributed by atoms with Crippen molar-refractivity contribution < 1.29 is 19.1 Å². The number of ether oxygens (including phenoxy) is 2. The molecule has 1 N–H and O–H groups in total. The zero-order valence-electron chi connectivity index (χ0n) is 14.4. The SMILES string of the molecule is Cc1ccc(OCC(=O)OCC(=O)NCCCc2ccccc2)cc1. The maximum absolute atomic E-state index is 11.6. The summed E-state index contributed by atoms with van der Waals surface area (Å²) in [6.45, 7) is 2.01. The Balaban J connectivity index is 1.54. The van der Waals surface area contributed by atoms with Gasteiger partial charge in [0.1, 0.15) is 5.75 Å². The van der Waals surface area contributed by atoms with Crippen molar-refractivity contribution in [3.63, 3.8) is 0 Å². The number of carbonyl (C=O) groups excluding carboxylic acids is 2. The molecular formula is C20H23NO4. The van der Waals surface area contributed by atoms with Crippen molar-refractivity contribution in [2.45, 2.75) is 19.8 Å². The fourth-order valence-electron chi connectivity index (χ4n) is 2.18. The van der Waals surface area contributed by atoms with Crippen LogP contribution in [0.5, 0.6) is 5.75 Å². The van der Waals surface area contributed by atoms with Crippen molar-refractivity contribution in [1.29, 1.82) is 0 Å². The molecular weight excluding hydrogens is 318 g/mol. The third kappa shape index (κ3) is 7.52. The number of nitrogens with one attached hydrogen (secondary N) is 1. The third-order valence-electron chi connectivity index (χ3n) is 3.55. The van der Waals surface area contributed by atoms with Crippen LogP contribution in [0.4, 0.5) is 0 Å². The lowest BCUT2D eigenvalue weighted by atomic mass is 10.1. The van der Waals surface area contributed by atoms with Crippen molar-refractivity contribution in [2.75, 3.05) is 19.8 Å². The number of carbonyl (C=O) groups is 2. The molecule has 0 spiro atoms. The second-order valence-corrected chi connectivity index (χ2v) is 5.70. The summed E-state index contributed by atoms with van der Waals surface area (Å²) < 4.78 is 10.2. The van der Waals surface area contributed by atoms with Crippen LogP contribution in [0.15, 0.2) is 54.6 Å². The van der Waals surface area contributed by atoms with Gasteiger partial charge in [-0.3, -0.25) is 4.79 Å². The molecule has 5 heteroatoms.